The molecule has 1 N–H and O–H groups in total. The number of hydrogen-bond donors (Lipinski definition) is 1. The Balaban J connectivity index is 1.59. The number of carbonyl (C=O) groups is 1. The fraction of sp³-hybridized carbons (Fsp3) is 0.350. The summed E-state index contributed by atoms with van der Waals surface area (Å²) in [5.74, 6) is 1.53. The summed E-state index contributed by atoms with van der Waals surface area (Å²) in [6.07, 6.45) is 0.643. The molecule has 27 heavy (non-hydrogen) atoms. The van der Waals surface area contributed by atoms with Crippen LogP contribution < -0.4 is 14.2 Å². The van der Waals surface area contributed by atoms with Crippen molar-refractivity contribution in [3.8, 4) is 11.5 Å². The van der Waals surface area contributed by atoms with Crippen molar-refractivity contribution in [2.24, 2.45) is 0 Å². The summed E-state index contributed by atoms with van der Waals surface area (Å²) in [5, 5.41) is 0. The van der Waals surface area contributed by atoms with E-state index in [0.29, 0.717) is 31.7 Å². The van der Waals surface area contributed by atoms with Gasteiger partial charge in [-0.3, -0.25) is 4.79 Å². The zero-order valence-corrected chi connectivity index (χ0v) is 16.2. The summed E-state index contributed by atoms with van der Waals surface area (Å²) in [6, 6.07) is 11.8. The predicted octanol–water partition coefficient (Wildman–Crippen LogP) is 3.13. The lowest BCUT2D eigenvalue weighted by Gasteiger charge is -2.20. The van der Waals surface area contributed by atoms with E-state index in [9.17, 15) is 13.2 Å². The van der Waals surface area contributed by atoms with Crippen molar-refractivity contribution in [3.05, 3.63) is 53.6 Å². The van der Waals surface area contributed by atoms with Crippen LogP contribution in [0, 0.1) is 0 Å². The molecule has 1 heterocycles. The summed E-state index contributed by atoms with van der Waals surface area (Å²) in [7, 11) is -3.60. The molecule has 0 saturated heterocycles. The van der Waals surface area contributed by atoms with Crippen LogP contribution >= 0.6 is 0 Å². The molecule has 1 unspecified atom stereocenters. The minimum Gasteiger partial charge on any atom is -0.486 e. The third-order valence-electron chi connectivity index (χ3n) is 4.58. The van der Waals surface area contributed by atoms with Gasteiger partial charge in [0.05, 0.1) is 4.90 Å². The summed E-state index contributed by atoms with van der Waals surface area (Å²) < 4.78 is 38.5. The molecule has 2 aromatic rings. The first-order valence-electron chi connectivity index (χ1n) is 8.87. The van der Waals surface area contributed by atoms with Crippen molar-refractivity contribution in [2.45, 2.75) is 31.1 Å². The van der Waals surface area contributed by atoms with Gasteiger partial charge in [0.2, 0.25) is 10.0 Å². The first-order chi connectivity index (χ1) is 12.9. The number of hydrogen-bond acceptors (Lipinski definition) is 5. The number of benzene rings is 2. The first-order valence-corrected chi connectivity index (χ1v) is 10.4. The van der Waals surface area contributed by atoms with Crippen LogP contribution in [0.2, 0.25) is 0 Å². The van der Waals surface area contributed by atoms with Gasteiger partial charge in [-0.2, -0.15) is 0 Å². The Kier molecular flexibility index (Phi) is 5.82. The average Bonchev–Trinajstić information content (AvgIpc) is 2.67. The SMILES string of the molecule is CC(=O)c1ccc(S(=O)(=O)NCCC(C)c2ccc3c(c2)OCCO3)cc1. The van der Waals surface area contributed by atoms with Gasteiger partial charge in [0, 0.05) is 12.1 Å². The highest BCUT2D eigenvalue weighted by Gasteiger charge is 2.17. The van der Waals surface area contributed by atoms with E-state index >= 15 is 0 Å². The fourth-order valence-electron chi connectivity index (χ4n) is 2.90. The molecule has 6 nitrogen and oxygen atoms in total. The highest BCUT2D eigenvalue weighted by atomic mass is 32.2. The number of ketones is 1. The average molecular weight is 389 g/mol. The maximum absolute atomic E-state index is 12.4. The second-order valence-electron chi connectivity index (χ2n) is 6.57. The van der Waals surface area contributed by atoms with Crippen LogP contribution in [0.5, 0.6) is 11.5 Å². The van der Waals surface area contributed by atoms with Crippen LogP contribution in [-0.4, -0.2) is 34.0 Å². The van der Waals surface area contributed by atoms with Crippen LogP contribution in [0.25, 0.3) is 0 Å². The summed E-state index contributed by atoms with van der Waals surface area (Å²) in [5.41, 5.74) is 1.56. The van der Waals surface area contributed by atoms with Crippen molar-refractivity contribution in [3.63, 3.8) is 0 Å². The first kappa shape index (κ1) is 19.4. The van der Waals surface area contributed by atoms with Crippen molar-refractivity contribution in [1.82, 2.24) is 4.72 Å². The highest BCUT2D eigenvalue weighted by Crippen LogP contribution is 2.33. The molecule has 3 rings (SSSR count). The largest absolute Gasteiger partial charge is 0.486 e. The van der Waals surface area contributed by atoms with E-state index in [-0.39, 0.29) is 16.6 Å². The van der Waals surface area contributed by atoms with Crippen molar-refractivity contribution >= 4 is 15.8 Å². The Bertz CT molecular complexity index is 922. The second-order valence-corrected chi connectivity index (χ2v) is 8.34. The molecular formula is C20H23NO5S. The monoisotopic (exact) mass is 389 g/mol. The molecule has 0 amide bonds. The molecule has 1 aliphatic rings. The number of carbonyl (C=O) groups excluding carboxylic acids is 1. The Morgan fingerprint density at radius 1 is 1.07 bits per heavy atom. The van der Waals surface area contributed by atoms with E-state index in [1.54, 1.807) is 0 Å². The van der Waals surface area contributed by atoms with Crippen LogP contribution in [0.3, 0.4) is 0 Å². The molecule has 0 aromatic heterocycles. The molecule has 7 heteroatoms. The van der Waals surface area contributed by atoms with Crippen molar-refractivity contribution < 1.29 is 22.7 Å². The molecule has 1 atom stereocenters. The van der Waals surface area contributed by atoms with E-state index in [0.717, 1.165) is 17.1 Å². The Morgan fingerprint density at radius 2 is 1.74 bits per heavy atom. The molecule has 0 fully saturated rings. The molecule has 0 spiro atoms. The van der Waals surface area contributed by atoms with Gasteiger partial charge in [0.1, 0.15) is 13.2 Å². The zero-order valence-electron chi connectivity index (χ0n) is 15.4. The second kappa shape index (κ2) is 8.10. The van der Waals surface area contributed by atoms with Gasteiger partial charge in [-0.25, -0.2) is 13.1 Å². The smallest absolute Gasteiger partial charge is 0.240 e. The van der Waals surface area contributed by atoms with Gasteiger partial charge < -0.3 is 9.47 Å². The van der Waals surface area contributed by atoms with E-state index in [2.05, 4.69) is 4.72 Å². The van der Waals surface area contributed by atoms with E-state index in [1.807, 2.05) is 25.1 Å². The van der Waals surface area contributed by atoms with Gasteiger partial charge in [-0.15, -0.1) is 0 Å². The highest BCUT2D eigenvalue weighted by molar-refractivity contribution is 7.89. The van der Waals surface area contributed by atoms with Crippen LogP contribution in [-0.2, 0) is 10.0 Å². The zero-order chi connectivity index (χ0) is 19.4. The quantitative estimate of drug-likeness (QED) is 0.736. The standard InChI is InChI=1S/C20H23NO5S/c1-14(17-5-8-19-20(13-17)26-12-11-25-19)9-10-21-27(23,24)18-6-3-16(4-7-18)15(2)22/h3-8,13-14,21H,9-12H2,1-2H3. The van der Waals surface area contributed by atoms with Gasteiger partial charge in [0.25, 0.3) is 0 Å². The molecule has 0 bridgehead atoms. The molecule has 0 aliphatic carbocycles. The van der Waals surface area contributed by atoms with Gasteiger partial charge in [-0.1, -0.05) is 25.1 Å². The summed E-state index contributed by atoms with van der Waals surface area (Å²) >= 11 is 0. The van der Waals surface area contributed by atoms with Crippen LogP contribution in [0.4, 0.5) is 0 Å². The topological polar surface area (TPSA) is 81.7 Å². The molecule has 144 valence electrons. The Morgan fingerprint density at radius 3 is 2.41 bits per heavy atom. The van der Waals surface area contributed by atoms with Gasteiger partial charge in [-0.05, 0) is 49.1 Å². The molecule has 0 saturated carbocycles. The lowest BCUT2D eigenvalue weighted by atomic mass is 9.97. The van der Waals surface area contributed by atoms with E-state index < -0.39 is 10.0 Å². The van der Waals surface area contributed by atoms with Crippen molar-refractivity contribution in [2.75, 3.05) is 19.8 Å². The number of fused-ring (bicyclic) bond motifs is 1. The molecule has 1 aliphatic heterocycles. The lowest BCUT2D eigenvalue weighted by molar-refractivity contribution is 0.101. The number of nitrogens with one attached hydrogen (secondary N) is 1. The maximum atomic E-state index is 12.4. The molecular weight excluding hydrogens is 366 g/mol. The summed E-state index contributed by atoms with van der Waals surface area (Å²) in [4.78, 5) is 11.4. The Hall–Kier alpha value is -2.38. The summed E-state index contributed by atoms with van der Waals surface area (Å²) in [6.45, 7) is 4.89. The minimum atomic E-state index is -3.60. The van der Waals surface area contributed by atoms with Crippen molar-refractivity contribution in [1.29, 1.82) is 0 Å². The number of rotatable bonds is 7. The third kappa shape index (κ3) is 4.67. The van der Waals surface area contributed by atoms with E-state index in [4.69, 9.17) is 9.47 Å². The number of ether oxygens (including phenoxy) is 2. The van der Waals surface area contributed by atoms with Crippen LogP contribution in [0.1, 0.15) is 42.1 Å². The lowest BCUT2D eigenvalue weighted by Crippen LogP contribution is -2.25. The number of sulfonamides is 1. The molecule has 2 aromatic carbocycles. The minimum absolute atomic E-state index is 0.0971. The van der Waals surface area contributed by atoms with Crippen LogP contribution in [0.15, 0.2) is 47.4 Å². The van der Waals surface area contributed by atoms with Gasteiger partial charge >= 0.3 is 0 Å². The third-order valence-corrected chi connectivity index (χ3v) is 6.05. The predicted molar refractivity (Wildman–Crippen MR) is 102 cm³/mol. The normalized spacial score (nSPS) is 14.6. The number of Topliss-reactive ketones (excluding diaryl/α,β-unsaturated/α-hetero) is 1. The fourth-order valence-corrected chi connectivity index (χ4v) is 3.94. The maximum Gasteiger partial charge on any atom is 0.240 e. The Labute approximate surface area is 159 Å². The van der Waals surface area contributed by atoms with Gasteiger partial charge in [0.15, 0.2) is 17.3 Å². The molecule has 0 radical (unpaired) electrons. The van der Waals surface area contributed by atoms with E-state index in [1.165, 1.54) is 31.2 Å².